The Labute approximate surface area is 103 Å². The van der Waals surface area contributed by atoms with Gasteiger partial charge in [-0.25, -0.2) is 9.97 Å². The first-order valence-corrected chi connectivity index (χ1v) is 6.32. The third kappa shape index (κ3) is 2.52. The monoisotopic (exact) mass is 266 g/mol. The summed E-state index contributed by atoms with van der Waals surface area (Å²) in [6, 6.07) is 3.06. The normalized spacial score (nSPS) is 10.9. The van der Waals surface area contributed by atoms with Gasteiger partial charge in [0.15, 0.2) is 5.82 Å². The van der Waals surface area contributed by atoms with E-state index < -0.39 is 10.0 Å². The average molecular weight is 266 g/mol. The van der Waals surface area contributed by atoms with Crippen LogP contribution in [0.15, 0.2) is 41.9 Å². The number of pyridine rings is 1. The summed E-state index contributed by atoms with van der Waals surface area (Å²) >= 11 is 0. The van der Waals surface area contributed by atoms with E-state index in [1.54, 1.807) is 6.07 Å². The molecular weight excluding hydrogens is 256 g/mol. The molecule has 2 aromatic heterocycles. The van der Waals surface area contributed by atoms with Crippen LogP contribution in [0.4, 0.5) is 11.5 Å². The Balaban J connectivity index is 2.37. The number of nitrogens with two attached hydrogens (primary N) is 1. The molecule has 0 aromatic carbocycles. The topological polar surface area (TPSA) is 123 Å². The van der Waals surface area contributed by atoms with Crippen molar-refractivity contribution < 1.29 is 8.42 Å². The fourth-order valence-corrected chi connectivity index (χ4v) is 2.35. The van der Waals surface area contributed by atoms with E-state index >= 15 is 0 Å². The molecule has 2 heterocycles. The largest absolute Gasteiger partial charge is 0.321 e. The molecule has 0 unspecified atom stereocenters. The van der Waals surface area contributed by atoms with Gasteiger partial charge in [-0.1, -0.05) is 0 Å². The molecule has 0 fully saturated rings. The average Bonchev–Trinajstić information content (AvgIpc) is 2.39. The van der Waals surface area contributed by atoms with Gasteiger partial charge in [0.1, 0.15) is 0 Å². The molecule has 0 spiro atoms. The van der Waals surface area contributed by atoms with Crippen molar-refractivity contribution in [3.8, 4) is 0 Å². The summed E-state index contributed by atoms with van der Waals surface area (Å²) in [7, 11) is -3.86. The van der Waals surface area contributed by atoms with Gasteiger partial charge in [-0.15, -0.1) is 0 Å². The van der Waals surface area contributed by atoms with Gasteiger partial charge in [0.2, 0.25) is 5.03 Å². The first-order valence-electron chi connectivity index (χ1n) is 4.84. The molecule has 9 heteroatoms. The lowest BCUT2D eigenvalue weighted by Gasteiger charge is -2.09. The van der Waals surface area contributed by atoms with E-state index in [1.165, 1.54) is 30.9 Å². The van der Waals surface area contributed by atoms with Gasteiger partial charge >= 0.3 is 0 Å². The van der Waals surface area contributed by atoms with E-state index in [2.05, 4.69) is 25.1 Å². The molecule has 0 amide bonds. The number of nitrogens with zero attached hydrogens (tertiary/aromatic N) is 3. The molecule has 0 aliphatic carbocycles. The third-order valence-electron chi connectivity index (χ3n) is 1.98. The van der Waals surface area contributed by atoms with Crippen molar-refractivity contribution in [3.63, 3.8) is 0 Å². The molecule has 0 saturated carbocycles. The van der Waals surface area contributed by atoms with E-state index in [0.29, 0.717) is 0 Å². The maximum atomic E-state index is 12.0. The summed E-state index contributed by atoms with van der Waals surface area (Å²) in [6.07, 6.45) is 5.45. The predicted molar refractivity (Wildman–Crippen MR) is 64.9 cm³/mol. The smallest absolute Gasteiger partial charge is 0.282 e. The molecule has 94 valence electrons. The highest BCUT2D eigenvalue weighted by Crippen LogP contribution is 2.18. The highest BCUT2D eigenvalue weighted by Gasteiger charge is 2.20. The maximum Gasteiger partial charge on any atom is 0.282 e. The first kappa shape index (κ1) is 12.2. The zero-order chi connectivity index (χ0) is 13.0. The number of nitrogen functional groups attached to an aromatic ring is 1. The lowest BCUT2D eigenvalue weighted by atomic mass is 10.4. The Morgan fingerprint density at radius 2 is 2.00 bits per heavy atom. The Hall–Kier alpha value is -2.26. The Morgan fingerprint density at radius 1 is 1.17 bits per heavy atom. The van der Waals surface area contributed by atoms with Gasteiger partial charge < -0.3 is 5.43 Å². The fraction of sp³-hybridized carbons (Fsp3) is 0. The van der Waals surface area contributed by atoms with Gasteiger partial charge in [0.25, 0.3) is 10.0 Å². The van der Waals surface area contributed by atoms with Crippen molar-refractivity contribution >= 4 is 21.5 Å². The zero-order valence-electron chi connectivity index (χ0n) is 9.11. The van der Waals surface area contributed by atoms with Crippen LogP contribution in [-0.2, 0) is 10.0 Å². The van der Waals surface area contributed by atoms with Crippen LogP contribution in [0.5, 0.6) is 0 Å². The Bertz CT molecular complexity index is 631. The summed E-state index contributed by atoms with van der Waals surface area (Å²) in [6.45, 7) is 0. The fourth-order valence-electron chi connectivity index (χ4n) is 1.25. The predicted octanol–water partition coefficient (Wildman–Crippen LogP) is -0.0420. The van der Waals surface area contributed by atoms with E-state index in [-0.39, 0.29) is 16.5 Å². The first-order chi connectivity index (χ1) is 8.63. The Morgan fingerprint density at radius 3 is 2.67 bits per heavy atom. The van der Waals surface area contributed by atoms with Gasteiger partial charge in [0, 0.05) is 18.6 Å². The molecule has 18 heavy (non-hydrogen) atoms. The number of rotatable bonds is 4. The van der Waals surface area contributed by atoms with Crippen LogP contribution in [0.2, 0.25) is 0 Å². The number of sulfonamides is 1. The number of aromatic nitrogens is 3. The quantitative estimate of drug-likeness (QED) is 0.524. The van der Waals surface area contributed by atoms with Gasteiger partial charge in [-0.05, 0) is 12.1 Å². The molecule has 4 N–H and O–H groups in total. The second-order valence-electron chi connectivity index (χ2n) is 3.20. The third-order valence-corrected chi connectivity index (χ3v) is 3.30. The molecule has 0 radical (unpaired) electrons. The molecule has 0 atom stereocenters. The van der Waals surface area contributed by atoms with Crippen LogP contribution in [0.1, 0.15) is 0 Å². The molecule has 0 saturated heterocycles. The second kappa shape index (κ2) is 4.94. The Kier molecular flexibility index (Phi) is 3.35. The minimum absolute atomic E-state index is 0.103. The van der Waals surface area contributed by atoms with Crippen molar-refractivity contribution in [3.05, 3.63) is 36.9 Å². The second-order valence-corrected chi connectivity index (χ2v) is 4.79. The molecular formula is C9H10N6O2S. The number of hydrogen-bond acceptors (Lipinski definition) is 7. The number of nitrogens with one attached hydrogen (secondary N) is 2. The van der Waals surface area contributed by atoms with Crippen molar-refractivity contribution in [2.24, 2.45) is 5.84 Å². The summed E-state index contributed by atoms with van der Waals surface area (Å²) in [5, 5.41) is -0.210. The van der Waals surface area contributed by atoms with Gasteiger partial charge in [-0.3, -0.25) is 15.5 Å². The van der Waals surface area contributed by atoms with Crippen LogP contribution < -0.4 is 16.0 Å². The summed E-state index contributed by atoms with van der Waals surface area (Å²) in [4.78, 5) is 11.3. The molecule has 0 bridgehead atoms. The van der Waals surface area contributed by atoms with E-state index in [4.69, 9.17) is 5.84 Å². The molecule has 0 aliphatic heterocycles. The zero-order valence-corrected chi connectivity index (χ0v) is 9.92. The minimum Gasteiger partial charge on any atom is -0.321 e. The van der Waals surface area contributed by atoms with Crippen LogP contribution in [0.25, 0.3) is 0 Å². The molecule has 2 rings (SSSR count). The summed E-state index contributed by atoms with van der Waals surface area (Å²) < 4.78 is 26.3. The standard InChI is InChI=1S/C9H10N6O2S/c10-14-7-2-1-3-13-9(7)18(16,17)15-8-6-11-4-5-12-8/h1-6,14H,10H2,(H,12,15). The number of hydrazine groups is 1. The van der Waals surface area contributed by atoms with Crippen molar-refractivity contribution in [2.45, 2.75) is 5.03 Å². The molecule has 0 aliphatic rings. The van der Waals surface area contributed by atoms with E-state index in [1.807, 2.05) is 0 Å². The van der Waals surface area contributed by atoms with E-state index in [0.717, 1.165) is 0 Å². The highest BCUT2D eigenvalue weighted by atomic mass is 32.2. The van der Waals surface area contributed by atoms with Crippen LogP contribution in [0, 0.1) is 0 Å². The van der Waals surface area contributed by atoms with Crippen molar-refractivity contribution in [1.29, 1.82) is 0 Å². The number of anilines is 2. The van der Waals surface area contributed by atoms with Crippen LogP contribution in [-0.4, -0.2) is 23.4 Å². The SMILES string of the molecule is NNc1cccnc1S(=O)(=O)Nc1cnccn1. The van der Waals surface area contributed by atoms with Gasteiger partial charge in [-0.2, -0.15) is 8.42 Å². The number of hydrogen-bond donors (Lipinski definition) is 3. The summed E-state index contributed by atoms with van der Waals surface area (Å²) in [5.74, 6) is 5.33. The highest BCUT2D eigenvalue weighted by molar-refractivity contribution is 7.92. The molecule has 8 nitrogen and oxygen atoms in total. The van der Waals surface area contributed by atoms with Crippen LogP contribution in [0.3, 0.4) is 0 Å². The minimum atomic E-state index is -3.86. The molecule has 2 aromatic rings. The lowest BCUT2D eigenvalue weighted by molar-refractivity contribution is 0.597. The summed E-state index contributed by atoms with van der Waals surface area (Å²) in [5.41, 5.74) is 2.46. The lowest BCUT2D eigenvalue weighted by Crippen LogP contribution is -2.19. The van der Waals surface area contributed by atoms with Crippen molar-refractivity contribution in [2.75, 3.05) is 10.1 Å². The van der Waals surface area contributed by atoms with Crippen LogP contribution >= 0.6 is 0 Å². The van der Waals surface area contributed by atoms with E-state index in [9.17, 15) is 8.42 Å². The maximum absolute atomic E-state index is 12.0. The van der Waals surface area contributed by atoms with Gasteiger partial charge in [0.05, 0.1) is 11.9 Å². The van der Waals surface area contributed by atoms with Crippen molar-refractivity contribution in [1.82, 2.24) is 15.0 Å².